The van der Waals surface area contributed by atoms with E-state index in [0.717, 1.165) is 17.1 Å². The fraction of sp³-hybridized carbons (Fsp3) is 0. The standard InChI is InChI=1S/C54H35NS/c1-2-9-36(10-3-1)37-19-27-43(28-20-37)55(45-31-23-40(24-32-45)47-14-8-15-51-50-13-6-7-16-53(50)56-54(47)51)44-29-21-38(22-30-44)42-18-17-41-26-33-48-46-12-5-4-11-39(46)25-34-49(48)52(41)35-42/h1-35H. The molecule has 0 spiro atoms. The van der Waals surface area contributed by atoms with Gasteiger partial charge in [-0.05, 0) is 114 Å². The Morgan fingerprint density at radius 2 is 0.786 bits per heavy atom. The molecule has 0 radical (unpaired) electrons. The van der Waals surface area contributed by atoms with Crippen LogP contribution in [-0.4, -0.2) is 0 Å². The molecule has 10 aromatic carbocycles. The summed E-state index contributed by atoms with van der Waals surface area (Å²) < 4.78 is 2.66. The summed E-state index contributed by atoms with van der Waals surface area (Å²) in [5.41, 5.74) is 10.6. The van der Waals surface area contributed by atoms with E-state index in [1.165, 1.54) is 85.9 Å². The molecular formula is C54H35NS. The summed E-state index contributed by atoms with van der Waals surface area (Å²) in [7, 11) is 0. The zero-order chi connectivity index (χ0) is 37.0. The van der Waals surface area contributed by atoms with Crippen LogP contribution in [0.15, 0.2) is 212 Å². The van der Waals surface area contributed by atoms with E-state index >= 15 is 0 Å². The molecule has 0 aliphatic heterocycles. The maximum atomic E-state index is 2.36. The second-order valence-electron chi connectivity index (χ2n) is 14.5. The van der Waals surface area contributed by atoms with Crippen molar-refractivity contribution in [3.8, 4) is 33.4 Å². The van der Waals surface area contributed by atoms with Crippen LogP contribution in [0.3, 0.4) is 0 Å². The minimum atomic E-state index is 1.11. The summed E-state index contributed by atoms with van der Waals surface area (Å²) in [5.74, 6) is 0. The van der Waals surface area contributed by atoms with Crippen molar-refractivity contribution in [3.63, 3.8) is 0 Å². The molecule has 0 fully saturated rings. The number of nitrogens with zero attached hydrogens (tertiary/aromatic N) is 1. The van der Waals surface area contributed by atoms with Crippen molar-refractivity contribution in [1.82, 2.24) is 0 Å². The van der Waals surface area contributed by atoms with E-state index in [9.17, 15) is 0 Å². The Bertz CT molecular complexity index is 3210. The highest BCUT2D eigenvalue weighted by molar-refractivity contribution is 7.26. The van der Waals surface area contributed by atoms with Crippen molar-refractivity contribution in [2.24, 2.45) is 0 Å². The number of rotatable bonds is 6. The van der Waals surface area contributed by atoms with E-state index < -0.39 is 0 Å². The molecule has 2 heteroatoms. The van der Waals surface area contributed by atoms with Gasteiger partial charge >= 0.3 is 0 Å². The first-order valence-electron chi connectivity index (χ1n) is 19.2. The van der Waals surface area contributed by atoms with E-state index in [0.29, 0.717) is 0 Å². The molecule has 0 aliphatic rings. The zero-order valence-corrected chi connectivity index (χ0v) is 31.4. The molecule has 262 valence electrons. The summed E-state index contributed by atoms with van der Waals surface area (Å²) in [6, 6.07) is 77.6. The van der Waals surface area contributed by atoms with Gasteiger partial charge in [-0.25, -0.2) is 0 Å². The lowest BCUT2D eigenvalue weighted by molar-refractivity contribution is 1.28. The second kappa shape index (κ2) is 13.4. The van der Waals surface area contributed by atoms with Crippen LogP contribution in [0.5, 0.6) is 0 Å². The SMILES string of the molecule is c1ccc(-c2ccc(N(c3ccc(-c4ccc5ccc6c7ccccc7ccc6c5c4)cc3)c3ccc(-c4cccc5c4sc4ccccc45)cc3)cc2)cc1. The summed E-state index contributed by atoms with van der Waals surface area (Å²) >= 11 is 1.88. The lowest BCUT2D eigenvalue weighted by Gasteiger charge is -2.26. The third kappa shape index (κ3) is 5.54. The Kier molecular flexibility index (Phi) is 7.75. The molecule has 11 rings (SSSR count). The summed E-state index contributed by atoms with van der Waals surface area (Å²) in [5, 5.41) is 10.3. The van der Waals surface area contributed by atoms with Gasteiger partial charge in [0.2, 0.25) is 0 Å². The average Bonchev–Trinajstić information content (AvgIpc) is 3.66. The van der Waals surface area contributed by atoms with Crippen LogP contribution in [0.4, 0.5) is 17.1 Å². The van der Waals surface area contributed by atoms with Gasteiger partial charge in [-0.3, -0.25) is 0 Å². The molecule has 1 aromatic heterocycles. The maximum absolute atomic E-state index is 2.36. The van der Waals surface area contributed by atoms with Gasteiger partial charge in [0, 0.05) is 37.2 Å². The first-order chi connectivity index (χ1) is 27.7. The Morgan fingerprint density at radius 3 is 1.50 bits per heavy atom. The number of anilines is 3. The van der Waals surface area contributed by atoms with Gasteiger partial charge in [0.25, 0.3) is 0 Å². The van der Waals surface area contributed by atoms with E-state index in [1.807, 2.05) is 11.3 Å². The van der Waals surface area contributed by atoms with Gasteiger partial charge in [0.05, 0.1) is 0 Å². The van der Waals surface area contributed by atoms with E-state index in [4.69, 9.17) is 0 Å². The van der Waals surface area contributed by atoms with Crippen LogP contribution in [0.2, 0.25) is 0 Å². The summed E-state index contributed by atoms with van der Waals surface area (Å²) in [6.45, 7) is 0. The molecule has 0 amide bonds. The molecule has 0 N–H and O–H groups in total. The molecule has 0 unspecified atom stereocenters. The summed E-state index contributed by atoms with van der Waals surface area (Å²) in [4.78, 5) is 2.36. The van der Waals surface area contributed by atoms with Gasteiger partial charge in [-0.2, -0.15) is 0 Å². The number of benzene rings is 10. The largest absolute Gasteiger partial charge is 0.311 e. The number of hydrogen-bond acceptors (Lipinski definition) is 2. The van der Waals surface area contributed by atoms with Crippen LogP contribution in [-0.2, 0) is 0 Å². The topological polar surface area (TPSA) is 3.24 Å². The molecule has 11 aromatic rings. The first-order valence-corrected chi connectivity index (χ1v) is 20.0. The lowest BCUT2D eigenvalue weighted by atomic mass is 9.94. The highest BCUT2D eigenvalue weighted by Gasteiger charge is 2.16. The third-order valence-electron chi connectivity index (χ3n) is 11.3. The van der Waals surface area contributed by atoms with Gasteiger partial charge in [-0.1, -0.05) is 164 Å². The predicted octanol–water partition coefficient (Wildman–Crippen LogP) is 16.0. The Labute approximate surface area is 330 Å². The summed E-state index contributed by atoms with van der Waals surface area (Å²) in [6.07, 6.45) is 0. The van der Waals surface area contributed by atoms with Crippen LogP contribution < -0.4 is 4.90 Å². The Morgan fingerprint density at radius 1 is 0.286 bits per heavy atom. The molecule has 0 aliphatic carbocycles. The minimum Gasteiger partial charge on any atom is -0.311 e. The molecule has 56 heavy (non-hydrogen) atoms. The molecule has 0 atom stereocenters. The van der Waals surface area contributed by atoms with E-state index in [1.54, 1.807) is 0 Å². The number of hydrogen-bond donors (Lipinski definition) is 0. The molecule has 1 nitrogen and oxygen atoms in total. The van der Waals surface area contributed by atoms with Gasteiger partial charge in [0.15, 0.2) is 0 Å². The highest BCUT2D eigenvalue weighted by Crippen LogP contribution is 2.42. The van der Waals surface area contributed by atoms with Crippen molar-refractivity contribution >= 4 is 80.9 Å². The fourth-order valence-electron chi connectivity index (χ4n) is 8.45. The Balaban J connectivity index is 0.984. The van der Waals surface area contributed by atoms with Gasteiger partial charge < -0.3 is 4.90 Å². The first kappa shape index (κ1) is 32.4. The van der Waals surface area contributed by atoms with Crippen LogP contribution in [0, 0.1) is 0 Å². The third-order valence-corrected chi connectivity index (χ3v) is 12.5. The predicted molar refractivity (Wildman–Crippen MR) is 243 cm³/mol. The van der Waals surface area contributed by atoms with Crippen molar-refractivity contribution in [3.05, 3.63) is 212 Å². The van der Waals surface area contributed by atoms with Crippen molar-refractivity contribution in [2.45, 2.75) is 0 Å². The smallest absolute Gasteiger partial charge is 0.0462 e. The maximum Gasteiger partial charge on any atom is 0.0462 e. The number of thiophene rings is 1. The molecular weight excluding hydrogens is 695 g/mol. The molecule has 0 saturated carbocycles. The average molecular weight is 730 g/mol. The lowest BCUT2D eigenvalue weighted by Crippen LogP contribution is -2.09. The zero-order valence-electron chi connectivity index (χ0n) is 30.6. The quantitative estimate of drug-likeness (QED) is 0.154. The van der Waals surface area contributed by atoms with Crippen LogP contribution in [0.1, 0.15) is 0 Å². The highest BCUT2D eigenvalue weighted by atomic mass is 32.1. The minimum absolute atomic E-state index is 1.11. The molecule has 0 saturated heterocycles. The van der Waals surface area contributed by atoms with Crippen molar-refractivity contribution in [2.75, 3.05) is 4.90 Å². The van der Waals surface area contributed by atoms with E-state index in [-0.39, 0.29) is 0 Å². The molecule has 0 bridgehead atoms. The second-order valence-corrected chi connectivity index (χ2v) is 15.6. The monoisotopic (exact) mass is 729 g/mol. The van der Waals surface area contributed by atoms with Crippen molar-refractivity contribution < 1.29 is 0 Å². The van der Waals surface area contributed by atoms with Gasteiger partial charge in [0.1, 0.15) is 0 Å². The van der Waals surface area contributed by atoms with Crippen molar-refractivity contribution in [1.29, 1.82) is 0 Å². The fourth-order valence-corrected chi connectivity index (χ4v) is 9.68. The molecule has 1 heterocycles. The van der Waals surface area contributed by atoms with E-state index in [2.05, 4.69) is 217 Å². The van der Waals surface area contributed by atoms with Crippen LogP contribution in [0.25, 0.3) is 85.9 Å². The number of fused-ring (bicyclic) bond motifs is 8. The normalized spacial score (nSPS) is 11.6. The Hall–Kier alpha value is -7.00. The van der Waals surface area contributed by atoms with Crippen LogP contribution >= 0.6 is 11.3 Å². The van der Waals surface area contributed by atoms with Gasteiger partial charge in [-0.15, -0.1) is 11.3 Å².